The number of carboxylic acids is 1. The first-order valence-electron chi connectivity index (χ1n) is 7.61. The summed E-state index contributed by atoms with van der Waals surface area (Å²) in [5, 5.41) is 9.50. The van der Waals surface area contributed by atoms with Crippen LogP contribution < -0.4 is 4.90 Å². The molecule has 1 N–H and O–H groups in total. The summed E-state index contributed by atoms with van der Waals surface area (Å²) in [6, 6.07) is 4.38. The van der Waals surface area contributed by atoms with Crippen LogP contribution in [0.2, 0.25) is 10.0 Å². The number of fused-ring (bicyclic) bond motifs is 1. The molecule has 2 atom stereocenters. The summed E-state index contributed by atoms with van der Waals surface area (Å²) in [5.74, 6) is -1.76. The second kappa shape index (κ2) is 7.38. The average Bonchev–Trinajstić information content (AvgIpc) is 2.99. The summed E-state index contributed by atoms with van der Waals surface area (Å²) < 4.78 is 24.0. The zero-order valence-electron chi connectivity index (χ0n) is 13.3. The van der Waals surface area contributed by atoms with E-state index in [-0.39, 0.29) is 29.6 Å². The molecule has 0 spiro atoms. The quantitative estimate of drug-likeness (QED) is 0.772. The number of rotatable bonds is 4. The maximum Gasteiger partial charge on any atom is 0.303 e. The van der Waals surface area contributed by atoms with Crippen molar-refractivity contribution in [3.63, 3.8) is 0 Å². The van der Waals surface area contributed by atoms with E-state index in [2.05, 4.69) is 4.99 Å². The van der Waals surface area contributed by atoms with Gasteiger partial charge < -0.3 is 10.0 Å². The number of carbonyl (C=O) groups is 2. The highest BCUT2D eigenvalue weighted by Crippen LogP contribution is 2.43. The van der Waals surface area contributed by atoms with Gasteiger partial charge in [-0.3, -0.25) is 9.59 Å². The lowest BCUT2D eigenvalue weighted by Gasteiger charge is -2.25. The number of halogens is 2. The Morgan fingerprint density at radius 3 is 2.69 bits per heavy atom. The highest BCUT2D eigenvalue weighted by molar-refractivity contribution is 8.16. The fraction of sp³-hybridized carbons (Fsp3) is 0.400. The van der Waals surface area contributed by atoms with E-state index in [9.17, 15) is 18.0 Å². The van der Waals surface area contributed by atoms with Gasteiger partial charge in [0, 0.05) is 16.7 Å². The molecule has 0 radical (unpaired) electrons. The van der Waals surface area contributed by atoms with Gasteiger partial charge in [-0.1, -0.05) is 35.0 Å². The molecular weight excluding hydrogens is 423 g/mol. The van der Waals surface area contributed by atoms with E-state index >= 15 is 0 Å². The predicted molar refractivity (Wildman–Crippen MR) is 102 cm³/mol. The van der Waals surface area contributed by atoms with Crippen LogP contribution in [-0.4, -0.2) is 53.4 Å². The summed E-state index contributed by atoms with van der Waals surface area (Å²) in [7, 11) is -3.20. The summed E-state index contributed by atoms with van der Waals surface area (Å²) >= 11 is 13.5. The number of anilines is 1. The number of amidine groups is 1. The van der Waals surface area contributed by atoms with Crippen molar-refractivity contribution in [2.24, 2.45) is 4.99 Å². The summed E-state index contributed by atoms with van der Waals surface area (Å²) in [6.07, 6.45) is -0.552. The number of aliphatic carboxylic acids is 1. The number of thioether (sulfide) groups is 1. The first-order valence-corrected chi connectivity index (χ1v) is 11.1. The zero-order valence-corrected chi connectivity index (χ0v) is 16.4. The normalized spacial score (nSPS) is 25.5. The lowest BCUT2D eigenvalue weighted by molar-refractivity contribution is -0.138. The van der Waals surface area contributed by atoms with Gasteiger partial charge in [0.15, 0.2) is 15.0 Å². The van der Waals surface area contributed by atoms with Gasteiger partial charge in [0.1, 0.15) is 0 Å². The Bertz CT molecular complexity index is 903. The molecule has 2 aliphatic heterocycles. The van der Waals surface area contributed by atoms with Crippen LogP contribution in [0.4, 0.5) is 5.69 Å². The van der Waals surface area contributed by atoms with Gasteiger partial charge in [-0.2, -0.15) is 4.99 Å². The summed E-state index contributed by atoms with van der Waals surface area (Å²) in [4.78, 5) is 28.3. The van der Waals surface area contributed by atoms with Crippen molar-refractivity contribution in [2.45, 2.75) is 24.1 Å². The Hall–Kier alpha value is -1.29. The fourth-order valence-corrected chi connectivity index (χ4v) is 7.19. The van der Waals surface area contributed by atoms with E-state index in [1.165, 1.54) is 11.8 Å². The van der Waals surface area contributed by atoms with Crippen molar-refractivity contribution in [3.05, 3.63) is 28.2 Å². The van der Waals surface area contributed by atoms with Gasteiger partial charge in [0.05, 0.1) is 34.7 Å². The van der Waals surface area contributed by atoms with Crippen LogP contribution >= 0.6 is 35.0 Å². The van der Waals surface area contributed by atoms with Crippen molar-refractivity contribution >= 4 is 67.5 Å². The molecule has 0 aliphatic carbocycles. The minimum atomic E-state index is -3.20. The van der Waals surface area contributed by atoms with Crippen molar-refractivity contribution in [3.8, 4) is 0 Å². The maximum atomic E-state index is 12.0. The number of amides is 1. The molecule has 2 saturated heterocycles. The van der Waals surface area contributed by atoms with Crippen LogP contribution in [0.25, 0.3) is 0 Å². The van der Waals surface area contributed by atoms with Crippen molar-refractivity contribution in [1.82, 2.24) is 0 Å². The van der Waals surface area contributed by atoms with Crippen LogP contribution in [0.3, 0.4) is 0 Å². The third-order valence-corrected chi connectivity index (χ3v) is 7.77. The van der Waals surface area contributed by atoms with Gasteiger partial charge in [-0.25, -0.2) is 8.42 Å². The molecule has 0 unspecified atom stereocenters. The Balaban J connectivity index is 1.97. The monoisotopic (exact) mass is 436 g/mol. The molecule has 26 heavy (non-hydrogen) atoms. The SMILES string of the molecule is O=C(O)CCC(=O)N=C1S[C@H]2CS(=O)(=O)C[C@H]2N1c1cc(Cl)ccc1Cl. The minimum absolute atomic E-state index is 0.0145. The molecule has 2 fully saturated rings. The molecule has 0 bridgehead atoms. The van der Waals surface area contributed by atoms with E-state index in [1.54, 1.807) is 23.1 Å². The smallest absolute Gasteiger partial charge is 0.303 e. The predicted octanol–water partition coefficient (Wildman–Crippen LogP) is 2.46. The molecule has 2 aliphatic rings. The summed E-state index contributed by atoms with van der Waals surface area (Å²) in [6.45, 7) is 0. The molecule has 1 amide bonds. The van der Waals surface area contributed by atoms with Crippen molar-refractivity contribution < 1.29 is 23.1 Å². The molecule has 0 saturated carbocycles. The average molecular weight is 437 g/mol. The lowest BCUT2D eigenvalue weighted by atomic mass is 10.2. The molecule has 140 valence electrons. The second-order valence-corrected chi connectivity index (χ2v) is 10.2. The molecular formula is C15H14Cl2N2O5S2. The highest BCUT2D eigenvalue weighted by Gasteiger charge is 2.49. The number of aliphatic imine (C=N–C) groups is 1. The number of sulfone groups is 1. The van der Waals surface area contributed by atoms with Crippen LogP contribution in [0.5, 0.6) is 0 Å². The van der Waals surface area contributed by atoms with Crippen LogP contribution in [0.15, 0.2) is 23.2 Å². The van der Waals surface area contributed by atoms with Gasteiger partial charge in [0.25, 0.3) is 0 Å². The summed E-state index contributed by atoms with van der Waals surface area (Å²) in [5.41, 5.74) is 0.473. The van der Waals surface area contributed by atoms with E-state index < -0.39 is 27.8 Å². The maximum absolute atomic E-state index is 12.0. The van der Waals surface area contributed by atoms with E-state index in [4.69, 9.17) is 28.3 Å². The van der Waals surface area contributed by atoms with E-state index in [0.717, 1.165) is 0 Å². The molecule has 7 nitrogen and oxygen atoms in total. The Morgan fingerprint density at radius 2 is 2.00 bits per heavy atom. The number of carboxylic acid groups (broad SMARTS) is 1. The van der Waals surface area contributed by atoms with Gasteiger partial charge in [-0.15, -0.1) is 0 Å². The van der Waals surface area contributed by atoms with Gasteiger partial charge in [-0.05, 0) is 18.2 Å². The van der Waals surface area contributed by atoms with Crippen molar-refractivity contribution in [1.29, 1.82) is 0 Å². The Labute approximate surface area is 164 Å². The lowest BCUT2D eigenvalue weighted by Crippen LogP contribution is -2.38. The standard InChI is InChI=1S/C15H14Cl2N2O5S2/c16-8-1-2-9(17)10(5-8)19-11-6-26(23,24)7-12(11)25-15(19)18-13(20)3-4-14(21)22/h1-2,5,11-12H,3-4,6-7H2,(H,21,22)/t11-,12+/m1/s1. The zero-order chi connectivity index (χ0) is 19.1. The van der Waals surface area contributed by atoms with Crippen molar-refractivity contribution in [2.75, 3.05) is 16.4 Å². The fourth-order valence-electron chi connectivity index (χ4n) is 2.89. The molecule has 1 aromatic rings. The molecule has 3 rings (SSSR count). The molecule has 1 aromatic carbocycles. The third-order valence-electron chi connectivity index (χ3n) is 4.01. The molecule has 0 aromatic heterocycles. The minimum Gasteiger partial charge on any atom is -0.481 e. The Morgan fingerprint density at radius 1 is 1.27 bits per heavy atom. The highest BCUT2D eigenvalue weighted by atomic mass is 35.5. The first kappa shape index (κ1) is 19.5. The number of carbonyl (C=O) groups excluding carboxylic acids is 1. The Kier molecular flexibility index (Phi) is 5.53. The van der Waals surface area contributed by atoms with E-state index in [0.29, 0.717) is 20.9 Å². The first-order chi connectivity index (χ1) is 12.2. The van der Waals surface area contributed by atoms with Crippen LogP contribution in [0.1, 0.15) is 12.8 Å². The largest absolute Gasteiger partial charge is 0.481 e. The molecule has 11 heteroatoms. The molecule has 2 heterocycles. The van der Waals surface area contributed by atoms with Crippen LogP contribution in [-0.2, 0) is 19.4 Å². The van der Waals surface area contributed by atoms with Gasteiger partial charge in [0.2, 0.25) is 5.91 Å². The topological polar surface area (TPSA) is 104 Å². The third kappa shape index (κ3) is 4.16. The second-order valence-electron chi connectivity index (χ2n) is 5.95. The number of nitrogens with zero attached hydrogens (tertiary/aromatic N) is 2. The number of benzene rings is 1. The van der Waals surface area contributed by atoms with E-state index in [1.807, 2.05) is 0 Å². The number of hydrogen-bond donors (Lipinski definition) is 1. The number of hydrogen-bond acceptors (Lipinski definition) is 5. The van der Waals surface area contributed by atoms with Crippen LogP contribution in [0, 0.1) is 0 Å². The van der Waals surface area contributed by atoms with Gasteiger partial charge >= 0.3 is 5.97 Å².